The van der Waals surface area contributed by atoms with Gasteiger partial charge in [0.2, 0.25) is 11.0 Å². The van der Waals surface area contributed by atoms with Crippen molar-refractivity contribution in [2.45, 2.75) is 26.4 Å². The lowest BCUT2D eigenvalue weighted by atomic mass is 10.1. The summed E-state index contributed by atoms with van der Waals surface area (Å²) >= 11 is 1.28. The Kier molecular flexibility index (Phi) is 6.33. The molecule has 1 atom stereocenters. The average Bonchev–Trinajstić information content (AvgIpc) is 3.15. The van der Waals surface area contributed by atoms with E-state index < -0.39 is 12.1 Å². The van der Waals surface area contributed by atoms with E-state index in [-0.39, 0.29) is 5.91 Å². The van der Waals surface area contributed by atoms with Crippen LogP contribution in [0.5, 0.6) is 0 Å². The molecule has 3 amide bonds. The molecule has 0 aliphatic heterocycles. The number of carbonyl (C=O) groups is 2. The molecule has 0 fully saturated rings. The highest BCUT2D eigenvalue weighted by Gasteiger charge is 2.17. The highest BCUT2D eigenvalue weighted by Crippen LogP contribution is 2.26. The first-order valence-corrected chi connectivity index (χ1v) is 9.62. The van der Waals surface area contributed by atoms with Gasteiger partial charge in [0.25, 0.3) is 0 Å². The second-order valence-electron chi connectivity index (χ2n) is 6.31. The lowest BCUT2D eigenvalue weighted by molar-refractivity contribution is -0.117. The van der Waals surface area contributed by atoms with Crippen LogP contribution in [-0.2, 0) is 11.3 Å². The molecule has 0 bridgehead atoms. The molecule has 0 saturated heterocycles. The topological polar surface area (TPSA) is 96.0 Å². The molecular weight excluding hydrogens is 374 g/mol. The van der Waals surface area contributed by atoms with Gasteiger partial charge in [0.05, 0.1) is 0 Å². The van der Waals surface area contributed by atoms with E-state index >= 15 is 0 Å². The average molecular weight is 395 g/mol. The third-order valence-corrected chi connectivity index (χ3v) is 4.84. The second kappa shape index (κ2) is 9.09. The van der Waals surface area contributed by atoms with Gasteiger partial charge in [-0.05, 0) is 25.5 Å². The van der Waals surface area contributed by atoms with Crippen LogP contribution in [0.1, 0.15) is 18.1 Å². The number of benzene rings is 2. The lowest BCUT2D eigenvalue weighted by Gasteiger charge is -2.13. The summed E-state index contributed by atoms with van der Waals surface area (Å²) in [6, 6.07) is 16.3. The van der Waals surface area contributed by atoms with Crippen LogP contribution in [0.4, 0.5) is 9.93 Å². The van der Waals surface area contributed by atoms with Crippen LogP contribution in [0.2, 0.25) is 0 Å². The lowest BCUT2D eigenvalue weighted by Crippen LogP contribution is -2.46. The smallest absolute Gasteiger partial charge is 0.315 e. The molecule has 3 N–H and O–H groups in total. The summed E-state index contributed by atoms with van der Waals surface area (Å²) in [5.41, 5.74) is 3.05. The van der Waals surface area contributed by atoms with Crippen LogP contribution >= 0.6 is 11.3 Å². The Balaban J connectivity index is 1.51. The van der Waals surface area contributed by atoms with Crippen molar-refractivity contribution in [2.24, 2.45) is 0 Å². The Labute approximate surface area is 167 Å². The molecule has 2 aromatic carbocycles. The van der Waals surface area contributed by atoms with E-state index in [1.54, 1.807) is 6.92 Å². The van der Waals surface area contributed by atoms with Crippen LogP contribution in [0.25, 0.3) is 10.6 Å². The zero-order valence-corrected chi connectivity index (χ0v) is 16.4. The molecule has 1 heterocycles. The van der Waals surface area contributed by atoms with Gasteiger partial charge < -0.3 is 10.6 Å². The highest BCUT2D eigenvalue weighted by atomic mass is 32.1. The van der Waals surface area contributed by atoms with Crippen molar-refractivity contribution < 1.29 is 9.59 Å². The van der Waals surface area contributed by atoms with Crippen molar-refractivity contribution in [3.63, 3.8) is 0 Å². The molecule has 0 radical (unpaired) electrons. The van der Waals surface area contributed by atoms with Crippen LogP contribution < -0.4 is 16.0 Å². The summed E-state index contributed by atoms with van der Waals surface area (Å²) in [5.74, 6) is -0.359. The number of aromatic nitrogens is 2. The normalized spacial score (nSPS) is 11.5. The predicted octanol–water partition coefficient (Wildman–Crippen LogP) is 3.34. The number of aryl methyl sites for hydroxylation is 1. The van der Waals surface area contributed by atoms with E-state index in [1.807, 2.05) is 61.5 Å². The van der Waals surface area contributed by atoms with E-state index in [1.165, 1.54) is 11.3 Å². The van der Waals surface area contributed by atoms with Crippen molar-refractivity contribution in [2.75, 3.05) is 5.32 Å². The number of nitrogens with zero attached hydrogens (tertiary/aromatic N) is 2. The van der Waals surface area contributed by atoms with Gasteiger partial charge in [-0.15, -0.1) is 10.2 Å². The summed E-state index contributed by atoms with van der Waals surface area (Å²) in [7, 11) is 0. The quantitative estimate of drug-likeness (QED) is 0.596. The number of amides is 3. The Bertz CT molecular complexity index is 958. The van der Waals surface area contributed by atoms with E-state index in [9.17, 15) is 9.59 Å². The molecule has 144 valence electrons. The van der Waals surface area contributed by atoms with Crippen molar-refractivity contribution >= 4 is 28.4 Å². The van der Waals surface area contributed by atoms with E-state index in [2.05, 4.69) is 26.1 Å². The number of rotatable bonds is 6. The summed E-state index contributed by atoms with van der Waals surface area (Å²) < 4.78 is 0. The molecule has 1 aromatic heterocycles. The number of urea groups is 1. The number of nitrogens with one attached hydrogen (secondary N) is 3. The molecule has 0 unspecified atom stereocenters. The fourth-order valence-electron chi connectivity index (χ4n) is 2.47. The minimum atomic E-state index is -0.720. The predicted molar refractivity (Wildman–Crippen MR) is 110 cm³/mol. The Morgan fingerprint density at radius 3 is 2.61 bits per heavy atom. The molecule has 3 aromatic rings. The van der Waals surface area contributed by atoms with Gasteiger partial charge in [-0.25, -0.2) is 4.79 Å². The van der Waals surface area contributed by atoms with Crippen LogP contribution in [0.15, 0.2) is 54.6 Å². The van der Waals surface area contributed by atoms with Gasteiger partial charge >= 0.3 is 6.03 Å². The van der Waals surface area contributed by atoms with Gasteiger partial charge in [-0.2, -0.15) is 0 Å². The third-order valence-electron chi connectivity index (χ3n) is 3.96. The monoisotopic (exact) mass is 395 g/mol. The van der Waals surface area contributed by atoms with Crippen molar-refractivity contribution in [1.82, 2.24) is 20.8 Å². The first kappa shape index (κ1) is 19.5. The summed E-state index contributed by atoms with van der Waals surface area (Å²) in [5, 5.41) is 17.3. The fourth-order valence-corrected chi connectivity index (χ4v) is 3.22. The SMILES string of the molecule is Cc1cccc(-c2nnc(NC(=O)[C@@H](C)NC(=O)NCc3ccccc3)s2)c1. The van der Waals surface area contributed by atoms with E-state index in [0.717, 1.165) is 21.7 Å². The number of hydrogen-bond acceptors (Lipinski definition) is 5. The van der Waals surface area contributed by atoms with Crippen molar-refractivity contribution in [3.05, 3.63) is 65.7 Å². The summed E-state index contributed by atoms with van der Waals surface area (Å²) in [4.78, 5) is 24.3. The number of hydrogen-bond donors (Lipinski definition) is 3. The highest BCUT2D eigenvalue weighted by molar-refractivity contribution is 7.18. The molecule has 0 aliphatic carbocycles. The molecule has 3 rings (SSSR count). The standard InChI is InChI=1S/C20H21N5O2S/c1-13-7-6-10-16(11-13)18-24-25-20(28-18)23-17(26)14(2)22-19(27)21-12-15-8-4-3-5-9-15/h3-11,14H,12H2,1-2H3,(H2,21,22,27)(H,23,25,26)/t14-/m1/s1. The van der Waals surface area contributed by atoms with Crippen LogP contribution in [-0.4, -0.2) is 28.2 Å². The molecular formula is C20H21N5O2S. The minimum Gasteiger partial charge on any atom is -0.334 e. The summed E-state index contributed by atoms with van der Waals surface area (Å²) in [6.45, 7) is 4.00. The van der Waals surface area contributed by atoms with Crippen LogP contribution in [0.3, 0.4) is 0 Å². The molecule has 28 heavy (non-hydrogen) atoms. The van der Waals surface area contributed by atoms with Crippen molar-refractivity contribution in [3.8, 4) is 10.6 Å². The fraction of sp³-hybridized carbons (Fsp3) is 0.200. The van der Waals surface area contributed by atoms with Gasteiger partial charge in [0.15, 0.2) is 0 Å². The molecule has 7 nitrogen and oxygen atoms in total. The van der Waals surface area contributed by atoms with Gasteiger partial charge in [0, 0.05) is 12.1 Å². The van der Waals surface area contributed by atoms with E-state index in [4.69, 9.17) is 0 Å². The summed E-state index contributed by atoms with van der Waals surface area (Å²) in [6.07, 6.45) is 0. The van der Waals surface area contributed by atoms with E-state index in [0.29, 0.717) is 11.7 Å². The van der Waals surface area contributed by atoms with Crippen molar-refractivity contribution in [1.29, 1.82) is 0 Å². The second-order valence-corrected chi connectivity index (χ2v) is 7.28. The van der Waals surface area contributed by atoms with Gasteiger partial charge in [-0.3, -0.25) is 10.1 Å². The maximum Gasteiger partial charge on any atom is 0.315 e. The first-order valence-electron chi connectivity index (χ1n) is 8.81. The zero-order valence-electron chi connectivity index (χ0n) is 15.6. The van der Waals surface area contributed by atoms with Gasteiger partial charge in [-0.1, -0.05) is 65.4 Å². The van der Waals surface area contributed by atoms with Crippen LogP contribution in [0, 0.1) is 6.92 Å². The maximum atomic E-state index is 12.3. The molecule has 0 saturated carbocycles. The number of anilines is 1. The molecule has 0 spiro atoms. The largest absolute Gasteiger partial charge is 0.334 e. The molecule has 0 aliphatic rings. The Morgan fingerprint density at radius 1 is 1.07 bits per heavy atom. The molecule has 8 heteroatoms. The maximum absolute atomic E-state index is 12.3. The first-order chi connectivity index (χ1) is 13.5. The third kappa shape index (κ3) is 5.37. The van der Waals surface area contributed by atoms with Gasteiger partial charge in [0.1, 0.15) is 11.0 Å². The Hall–Kier alpha value is -3.26. The Morgan fingerprint density at radius 2 is 1.86 bits per heavy atom. The zero-order chi connectivity index (χ0) is 19.9. The minimum absolute atomic E-state index is 0.359. The number of carbonyl (C=O) groups excluding carboxylic acids is 2.